The van der Waals surface area contributed by atoms with Crippen LogP contribution in [0.4, 0.5) is 5.69 Å². The minimum Gasteiger partial charge on any atom is -0.468 e. The van der Waals surface area contributed by atoms with E-state index in [1.165, 1.54) is 14.0 Å². The molecule has 5 nitrogen and oxygen atoms in total. The molecule has 2 fully saturated rings. The van der Waals surface area contributed by atoms with E-state index in [0.29, 0.717) is 5.69 Å². The van der Waals surface area contributed by atoms with Crippen LogP contribution >= 0.6 is 11.6 Å². The quantitative estimate of drug-likeness (QED) is 0.473. The third kappa shape index (κ3) is 1.44. The fourth-order valence-electron chi connectivity index (χ4n) is 3.15. The number of benzene rings is 1. The van der Waals surface area contributed by atoms with Crippen molar-refractivity contribution in [3.05, 3.63) is 29.8 Å². The van der Waals surface area contributed by atoms with Crippen LogP contribution < -0.4 is 4.90 Å². The summed E-state index contributed by atoms with van der Waals surface area (Å²) in [5, 5.41) is 0. The molecule has 3 rings (SSSR count). The lowest BCUT2D eigenvalue weighted by molar-refractivity contribution is -0.144. The average molecular weight is 308 g/mol. The maximum Gasteiger partial charge on any atom is 0.328 e. The number of methoxy groups -OCH3 is 1. The summed E-state index contributed by atoms with van der Waals surface area (Å²) in [4.78, 5) is 36.5. The summed E-state index contributed by atoms with van der Waals surface area (Å²) in [6.45, 7) is 3.45. The fraction of sp³-hybridized carbons (Fsp3) is 0.400. The lowest BCUT2D eigenvalue weighted by Crippen LogP contribution is -2.43. The van der Waals surface area contributed by atoms with Crippen LogP contribution in [0.5, 0.6) is 0 Å². The van der Waals surface area contributed by atoms with Crippen molar-refractivity contribution in [2.45, 2.75) is 18.7 Å². The number of aryl methyl sites for hydroxylation is 1. The lowest BCUT2D eigenvalue weighted by Gasteiger charge is -2.23. The molecule has 1 aliphatic carbocycles. The number of carbonyl (C=O) groups excluding carboxylic acids is 3. The van der Waals surface area contributed by atoms with E-state index in [0.717, 1.165) is 10.5 Å². The zero-order valence-electron chi connectivity index (χ0n) is 11.8. The summed E-state index contributed by atoms with van der Waals surface area (Å²) in [7, 11) is 1.19. The Hall–Kier alpha value is -1.88. The monoisotopic (exact) mass is 307 g/mol. The van der Waals surface area contributed by atoms with Crippen LogP contribution in [0, 0.1) is 18.3 Å². The summed E-state index contributed by atoms with van der Waals surface area (Å²) in [5.41, 5.74) is 0.284. The molecule has 110 valence electrons. The van der Waals surface area contributed by atoms with Gasteiger partial charge in [-0.3, -0.25) is 14.4 Å². The Bertz CT molecular complexity index is 671. The third-order valence-corrected chi connectivity index (χ3v) is 5.30. The van der Waals surface area contributed by atoms with Gasteiger partial charge in [-0.1, -0.05) is 17.7 Å². The molecule has 0 spiro atoms. The van der Waals surface area contributed by atoms with Crippen molar-refractivity contribution < 1.29 is 19.1 Å². The first kappa shape index (κ1) is 14.1. The van der Waals surface area contributed by atoms with Crippen LogP contribution in [0.1, 0.15) is 12.5 Å². The van der Waals surface area contributed by atoms with Crippen molar-refractivity contribution in [1.82, 2.24) is 0 Å². The molecule has 0 bridgehead atoms. The highest BCUT2D eigenvalue weighted by Crippen LogP contribution is 2.71. The molecule has 6 heteroatoms. The van der Waals surface area contributed by atoms with Crippen LogP contribution in [-0.4, -0.2) is 29.8 Å². The lowest BCUT2D eigenvalue weighted by atomic mass is 10.0. The highest BCUT2D eigenvalue weighted by atomic mass is 35.5. The van der Waals surface area contributed by atoms with Gasteiger partial charge in [-0.25, -0.2) is 4.90 Å². The van der Waals surface area contributed by atoms with E-state index in [1.807, 2.05) is 19.1 Å². The molecule has 2 amide bonds. The first-order valence-electron chi connectivity index (χ1n) is 6.52. The second kappa shape index (κ2) is 4.07. The minimum atomic E-state index is -1.57. The van der Waals surface area contributed by atoms with E-state index in [-0.39, 0.29) is 0 Å². The molecule has 0 unspecified atom stereocenters. The number of fused-ring (bicyclic) bond motifs is 1. The molecule has 0 aromatic heterocycles. The second-order valence-corrected chi connectivity index (χ2v) is 6.25. The van der Waals surface area contributed by atoms with Crippen LogP contribution in [-0.2, 0) is 19.1 Å². The average Bonchev–Trinajstić information content (AvgIpc) is 2.90. The Morgan fingerprint density at radius 1 is 1.29 bits per heavy atom. The molecular weight excluding hydrogens is 294 g/mol. The van der Waals surface area contributed by atoms with Crippen LogP contribution in [0.25, 0.3) is 0 Å². The number of alkyl halides is 1. The smallest absolute Gasteiger partial charge is 0.328 e. The number of hydrogen-bond donors (Lipinski definition) is 0. The van der Waals surface area contributed by atoms with Gasteiger partial charge < -0.3 is 4.74 Å². The van der Waals surface area contributed by atoms with Crippen molar-refractivity contribution in [2.75, 3.05) is 12.0 Å². The van der Waals surface area contributed by atoms with E-state index in [9.17, 15) is 14.4 Å². The molecule has 21 heavy (non-hydrogen) atoms. The summed E-state index contributed by atoms with van der Waals surface area (Å²) in [5.74, 6) is -2.51. The van der Waals surface area contributed by atoms with Gasteiger partial charge in [0.2, 0.25) is 11.8 Å². The van der Waals surface area contributed by atoms with E-state index in [2.05, 4.69) is 4.74 Å². The van der Waals surface area contributed by atoms with Gasteiger partial charge in [-0.05, 0) is 26.0 Å². The van der Waals surface area contributed by atoms with Crippen molar-refractivity contribution in [3.63, 3.8) is 0 Å². The number of anilines is 1. The van der Waals surface area contributed by atoms with Gasteiger partial charge in [0.25, 0.3) is 0 Å². The summed E-state index contributed by atoms with van der Waals surface area (Å²) in [6.07, 6.45) is 0. The van der Waals surface area contributed by atoms with E-state index in [4.69, 9.17) is 11.6 Å². The first-order valence-corrected chi connectivity index (χ1v) is 6.90. The number of piperidine rings is 1. The maximum atomic E-state index is 12.6. The van der Waals surface area contributed by atoms with Crippen LogP contribution in [0.15, 0.2) is 24.3 Å². The Morgan fingerprint density at radius 3 is 2.29 bits per heavy atom. The molecule has 0 radical (unpaired) electrons. The van der Waals surface area contributed by atoms with Gasteiger partial charge in [-0.2, -0.15) is 0 Å². The van der Waals surface area contributed by atoms with E-state index in [1.54, 1.807) is 12.1 Å². The van der Waals surface area contributed by atoms with Gasteiger partial charge in [0.05, 0.1) is 24.1 Å². The van der Waals surface area contributed by atoms with Crippen molar-refractivity contribution in [1.29, 1.82) is 0 Å². The predicted molar refractivity (Wildman–Crippen MR) is 75.9 cm³/mol. The molecule has 1 heterocycles. The highest BCUT2D eigenvalue weighted by Gasteiger charge is 2.90. The van der Waals surface area contributed by atoms with Crippen molar-refractivity contribution >= 4 is 35.1 Å². The van der Waals surface area contributed by atoms with Gasteiger partial charge in [0.1, 0.15) is 0 Å². The van der Waals surface area contributed by atoms with Crippen molar-refractivity contribution in [3.8, 4) is 0 Å². The molecule has 2 aliphatic rings. The molecule has 1 aromatic carbocycles. The first-order chi connectivity index (χ1) is 9.80. The van der Waals surface area contributed by atoms with Gasteiger partial charge >= 0.3 is 5.97 Å². The molecule has 3 atom stereocenters. The van der Waals surface area contributed by atoms with Gasteiger partial charge in [0, 0.05) is 0 Å². The highest BCUT2D eigenvalue weighted by molar-refractivity contribution is 6.48. The number of rotatable bonds is 2. The number of imide groups is 1. The number of hydrogen-bond acceptors (Lipinski definition) is 4. The second-order valence-electron chi connectivity index (χ2n) is 5.65. The molecule has 1 aliphatic heterocycles. The Morgan fingerprint density at radius 2 is 1.86 bits per heavy atom. The van der Waals surface area contributed by atoms with E-state index >= 15 is 0 Å². The Kier molecular flexibility index (Phi) is 2.73. The summed E-state index contributed by atoms with van der Waals surface area (Å²) >= 11 is 6.23. The number of nitrogens with zero attached hydrogens (tertiary/aromatic N) is 1. The topological polar surface area (TPSA) is 63.7 Å². The predicted octanol–water partition coefficient (Wildman–Crippen LogP) is 1.65. The largest absolute Gasteiger partial charge is 0.468 e. The number of ether oxygens (including phenoxy) is 1. The zero-order chi connectivity index (χ0) is 15.6. The number of halogens is 1. The van der Waals surface area contributed by atoms with Crippen LogP contribution in [0.2, 0.25) is 0 Å². The molecule has 1 saturated heterocycles. The Labute approximate surface area is 126 Å². The SMILES string of the molecule is COC(=O)[C@@]1(Cl)[C@H]2C(=O)N(c3ccc(C)cc3)C(=O)[C@]21C. The van der Waals surface area contributed by atoms with E-state index < -0.39 is 34.0 Å². The summed E-state index contributed by atoms with van der Waals surface area (Å²) in [6, 6.07) is 7.04. The molecule has 1 aromatic rings. The molecular formula is C15H14ClNO4. The standard InChI is InChI=1S/C15H14ClNO4/c1-8-4-6-9(7-5-8)17-11(18)10-14(2,12(17)19)15(10,16)13(20)21-3/h4-7,10H,1-3H3/t10-,14-,15-/m0/s1. The molecule has 1 saturated carbocycles. The van der Waals surface area contributed by atoms with Gasteiger partial charge in [0.15, 0.2) is 4.87 Å². The third-order valence-electron chi connectivity index (χ3n) is 4.54. The zero-order valence-corrected chi connectivity index (χ0v) is 12.6. The minimum absolute atomic E-state index is 0.452. The fourth-order valence-corrected chi connectivity index (χ4v) is 3.67. The van der Waals surface area contributed by atoms with Gasteiger partial charge in [-0.15, -0.1) is 11.6 Å². The van der Waals surface area contributed by atoms with Crippen LogP contribution in [0.3, 0.4) is 0 Å². The normalized spacial score (nSPS) is 33.9. The Balaban J connectivity index is 1.99. The number of esters is 1. The number of amides is 2. The maximum absolute atomic E-state index is 12.6. The van der Waals surface area contributed by atoms with Crippen molar-refractivity contribution in [2.24, 2.45) is 11.3 Å². The number of carbonyl (C=O) groups is 3. The molecule has 0 N–H and O–H groups in total. The summed E-state index contributed by atoms with van der Waals surface area (Å²) < 4.78 is 4.64.